The van der Waals surface area contributed by atoms with Crippen molar-refractivity contribution >= 4 is 12.6 Å². The van der Waals surface area contributed by atoms with Gasteiger partial charge in [0.05, 0.1) is 6.07 Å². The van der Waals surface area contributed by atoms with E-state index in [-0.39, 0.29) is 0 Å². The van der Waals surface area contributed by atoms with Gasteiger partial charge < -0.3 is 4.90 Å². The van der Waals surface area contributed by atoms with Gasteiger partial charge in [-0.3, -0.25) is 0 Å². The first-order chi connectivity index (χ1) is 5.85. The lowest BCUT2D eigenvalue weighted by atomic mass is 10.3. The third-order valence-corrected chi connectivity index (χ3v) is 2.19. The Bertz CT molecular complexity index is 131. The SMILES string of the molecule is CCN(CCC#N)CCCCS. The smallest absolute Gasteiger partial charge is 0.0635 e. The first-order valence-corrected chi connectivity index (χ1v) is 5.18. The van der Waals surface area contributed by atoms with Crippen molar-refractivity contribution in [2.24, 2.45) is 0 Å². The molecule has 0 bridgehead atoms. The monoisotopic (exact) mass is 186 g/mol. The van der Waals surface area contributed by atoms with Crippen LogP contribution in [-0.4, -0.2) is 30.3 Å². The van der Waals surface area contributed by atoms with Crippen molar-refractivity contribution in [3.05, 3.63) is 0 Å². The largest absolute Gasteiger partial charge is 0.303 e. The molecule has 0 aromatic rings. The minimum Gasteiger partial charge on any atom is -0.303 e. The van der Waals surface area contributed by atoms with E-state index in [0.29, 0.717) is 6.42 Å². The Hall–Kier alpha value is -0.200. The van der Waals surface area contributed by atoms with Gasteiger partial charge in [-0.2, -0.15) is 17.9 Å². The fourth-order valence-corrected chi connectivity index (χ4v) is 1.31. The second kappa shape index (κ2) is 8.89. The lowest BCUT2D eigenvalue weighted by molar-refractivity contribution is 0.290. The summed E-state index contributed by atoms with van der Waals surface area (Å²) in [5, 5.41) is 8.39. The highest BCUT2D eigenvalue weighted by atomic mass is 32.1. The Morgan fingerprint density at radius 3 is 2.58 bits per heavy atom. The van der Waals surface area contributed by atoms with Crippen molar-refractivity contribution in [2.75, 3.05) is 25.4 Å². The maximum absolute atomic E-state index is 8.39. The normalized spacial score (nSPS) is 10.2. The molecule has 0 fully saturated rings. The first-order valence-electron chi connectivity index (χ1n) is 4.55. The first kappa shape index (κ1) is 11.8. The Morgan fingerprint density at radius 1 is 1.33 bits per heavy atom. The van der Waals surface area contributed by atoms with Gasteiger partial charge in [0.1, 0.15) is 0 Å². The lowest BCUT2D eigenvalue weighted by Crippen LogP contribution is -2.25. The van der Waals surface area contributed by atoms with Crippen LogP contribution in [0.3, 0.4) is 0 Å². The van der Waals surface area contributed by atoms with Gasteiger partial charge in [0, 0.05) is 13.0 Å². The summed E-state index contributed by atoms with van der Waals surface area (Å²) in [4.78, 5) is 2.31. The summed E-state index contributed by atoms with van der Waals surface area (Å²) in [5.74, 6) is 0.968. The lowest BCUT2D eigenvalue weighted by Gasteiger charge is -2.18. The van der Waals surface area contributed by atoms with Crippen LogP contribution in [-0.2, 0) is 0 Å². The van der Waals surface area contributed by atoms with Crippen molar-refractivity contribution in [3.63, 3.8) is 0 Å². The molecule has 0 rings (SSSR count). The molecular formula is C9H18N2S. The molecule has 0 aromatic carbocycles. The summed E-state index contributed by atoms with van der Waals surface area (Å²) in [6.45, 7) is 5.21. The van der Waals surface area contributed by atoms with Crippen molar-refractivity contribution in [3.8, 4) is 6.07 Å². The van der Waals surface area contributed by atoms with Gasteiger partial charge in [0.25, 0.3) is 0 Å². The molecule has 0 aliphatic rings. The van der Waals surface area contributed by atoms with Crippen LogP contribution in [0.25, 0.3) is 0 Å². The Kier molecular flexibility index (Phi) is 8.74. The van der Waals surface area contributed by atoms with E-state index in [2.05, 4.69) is 30.5 Å². The van der Waals surface area contributed by atoms with E-state index < -0.39 is 0 Å². The molecule has 0 radical (unpaired) electrons. The van der Waals surface area contributed by atoms with Crippen molar-refractivity contribution in [1.82, 2.24) is 4.90 Å². The molecule has 0 saturated carbocycles. The minimum absolute atomic E-state index is 0.648. The topological polar surface area (TPSA) is 27.0 Å². The Morgan fingerprint density at radius 2 is 2.08 bits per heavy atom. The van der Waals surface area contributed by atoms with Crippen LogP contribution in [0.2, 0.25) is 0 Å². The molecule has 0 heterocycles. The second-order valence-electron chi connectivity index (χ2n) is 2.77. The number of hydrogen-bond acceptors (Lipinski definition) is 3. The van der Waals surface area contributed by atoms with Crippen LogP contribution in [0.15, 0.2) is 0 Å². The molecule has 0 aliphatic heterocycles. The molecule has 0 aromatic heterocycles. The average Bonchev–Trinajstić information content (AvgIpc) is 2.11. The molecule has 0 N–H and O–H groups in total. The molecule has 0 unspecified atom stereocenters. The van der Waals surface area contributed by atoms with E-state index in [1.54, 1.807) is 0 Å². The molecular weight excluding hydrogens is 168 g/mol. The van der Waals surface area contributed by atoms with Crippen LogP contribution in [0.4, 0.5) is 0 Å². The molecule has 0 aliphatic carbocycles. The van der Waals surface area contributed by atoms with E-state index in [1.165, 1.54) is 12.8 Å². The standard InChI is InChI=1S/C9H18N2S/c1-2-11(8-5-6-10)7-3-4-9-12/h12H,2-5,7-9H2,1H3. The molecule has 3 heteroatoms. The fourth-order valence-electron chi connectivity index (χ4n) is 1.08. The van der Waals surface area contributed by atoms with Gasteiger partial charge in [0.2, 0.25) is 0 Å². The number of nitrogens with zero attached hydrogens (tertiary/aromatic N) is 2. The number of nitriles is 1. The third kappa shape index (κ3) is 6.51. The summed E-state index contributed by atoms with van der Waals surface area (Å²) >= 11 is 4.15. The number of thiol groups is 1. The highest BCUT2D eigenvalue weighted by Gasteiger charge is 1.99. The van der Waals surface area contributed by atoms with Crippen LogP contribution in [0.5, 0.6) is 0 Å². The zero-order chi connectivity index (χ0) is 9.23. The van der Waals surface area contributed by atoms with Gasteiger partial charge >= 0.3 is 0 Å². The van der Waals surface area contributed by atoms with Crippen LogP contribution < -0.4 is 0 Å². The molecule has 0 spiro atoms. The predicted molar refractivity (Wildman–Crippen MR) is 55.4 cm³/mol. The maximum Gasteiger partial charge on any atom is 0.0635 e. The number of unbranched alkanes of at least 4 members (excludes halogenated alkanes) is 1. The third-order valence-electron chi connectivity index (χ3n) is 1.87. The summed E-state index contributed by atoms with van der Waals surface area (Å²) in [7, 11) is 0. The van der Waals surface area contributed by atoms with Gasteiger partial charge in [0.15, 0.2) is 0 Å². The van der Waals surface area contributed by atoms with E-state index in [1.807, 2.05) is 0 Å². The molecule has 0 saturated heterocycles. The summed E-state index contributed by atoms with van der Waals surface area (Å²) in [6.07, 6.45) is 3.02. The second-order valence-corrected chi connectivity index (χ2v) is 3.22. The summed E-state index contributed by atoms with van der Waals surface area (Å²) < 4.78 is 0. The van der Waals surface area contributed by atoms with Gasteiger partial charge in [-0.1, -0.05) is 6.92 Å². The van der Waals surface area contributed by atoms with Crippen molar-refractivity contribution < 1.29 is 0 Å². The zero-order valence-electron chi connectivity index (χ0n) is 7.79. The maximum atomic E-state index is 8.39. The average molecular weight is 186 g/mol. The Labute approximate surface area is 81.0 Å². The predicted octanol–water partition coefficient (Wildman–Crippen LogP) is 1.93. The molecule has 0 atom stereocenters. The molecule has 12 heavy (non-hydrogen) atoms. The summed E-state index contributed by atoms with van der Waals surface area (Å²) in [6, 6.07) is 2.17. The fraction of sp³-hybridized carbons (Fsp3) is 0.889. The molecule has 0 amide bonds. The Balaban J connectivity index is 3.34. The zero-order valence-corrected chi connectivity index (χ0v) is 8.69. The van der Waals surface area contributed by atoms with Gasteiger partial charge in [-0.25, -0.2) is 0 Å². The highest BCUT2D eigenvalue weighted by molar-refractivity contribution is 7.80. The highest BCUT2D eigenvalue weighted by Crippen LogP contribution is 1.97. The molecule has 2 nitrogen and oxygen atoms in total. The summed E-state index contributed by atoms with van der Waals surface area (Å²) in [5.41, 5.74) is 0. The minimum atomic E-state index is 0.648. The van der Waals surface area contributed by atoms with Crippen LogP contribution >= 0.6 is 12.6 Å². The van der Waals surface area contributed by atoms with E-state index in [4.69, 9.17) is 5.26 Å². The number of rotatable bonds is 7. The van der Waals surface area contributed by atoms with Crippen molar-refractivity contribution in [1.29, 1.82) is 5.26 Å². The van der Waals surface area contributed by atoms with E-state index >= 15 is 0 Å². The van der Waals surface area contributed by atoms with E-state index in [9.17, 15) is 0 Å². The van der Waals surface area contributed by atoms with Crippen LogP contribution in [0.1, 0.15) is 26.2 Å². The van der Waals surface area contributed by atoms with Gasteiger partial charge in [-0.15, -0.1) is 0 Å². The van der Waals surface area contributed by atoms with E-state index in [0.717, 1.165) is 25.4 Å². The number of hydrogen-bond donors (Lipinski definition) is 1. The molecule has 70 valence electrons. The van der Waals surface area contributed by atoms with Crippen LogP contribution in [0, 0.1) is 11.3 Å². The quantitative estimate of drug-likeness (QED) is 0.486. The van der Waals surface area contributed by atoms with Gasteiger partial charge in [-0.05, 0) is 31.7 Å². The van der Waals surface area contributed by atoms with Crippen molar-refractivity contribution in [2.45, 2.75) is 26.2 Å².